The van der Waals surface area contributed by atoms with E-state index in [9.17, 15) is 4.21 Å². The third-order valence-electron chi connectivity index (χ3n) is 4.42. The van der Waals surface area contributed by atoms with Gasteiger partial charge >= 0.3 is 0 Å². The van der Waals surface area contributed by atoms with Gasteiger partial charge < -0.3 is 9.64 Å². The minimum atomic E-state index is -1.24. The number of nitrogens with zero attached hydrogens (tertiary/aromatic N) is 5. The Kier molecular flexibility index (Phi) is 3.91. The Labute approximate surface area is 148 Å². The zero-order chi connectivity index (χ0) is 17.6. The van der Waals surface area contributed by atoms with Crippen LogP contribution in [0.25, 0.3) is 11.0 Å². The molecule has 25 heavy (non-hydrogen) atoms. The lowest BCUT2D eigenvalue weighted by molar-refractivity contribution is 0.414. The number of hydrogen-bond acceptors (Lipinski definition) is 6. The molecule has 7 nitrogen and oxygen atoms in total. The molecule has 1 aliphatic heterocycles. The molecule has 1 atom stereocenters. The average Bonchev–Trinajstić information content (AvgIpc) is 2.95. The molecule has 0 radical (unpaired) electrons. The van der Waals surface area contributed by atoms with Gasteiger partial charge in [0.2, 0.25) is 5.16 Å². The molecule has 1 aliphatic rings. The lowest BCUT2D eigenvalue weighted by Gasteiger charge is -2.27. The number of hydrogen-bond donors (Lipinski definition) is 0. The van der Waals surface area contributed by atoms with Crippen molar-refractivity contribution >= 4 is 27.7 Å². The average molecular weight is 357 g/mol. The third kappa shape index (κ3) is 2.76. The first-order valence-corrected chi connectivity index (χ1v) is 9.57. The van der Waals surface area contributed by atoms with E-state index >= 15 is 0 Å². The smallest absolute Gasteiger partial charge is 0.222 e. The molecule has 0 amide bonds. The van der Waals surface area contributed by atoms with Gasteiger partial charge in [0.1, 0.15) is 11.6 Å². The maximum absolute atomic E-state index is 12.0. The number of rotatable bonds is 4. The number of anilines is 1. The lowest BCUT2D eigenvalue weighted by atomic mass is 10.1. The van der Waals surface area contributed by atoms with Gasteiger partial charge in [0, 0.05) is 32.8 Å². The second kappa shape index (κ2) is 6.11. The van der Waals surface area contributed by atoms with Crippen LogP contribution in [0.2, 0.25) is 0 Å². The van der Waals surface area contributed by atoms with Crippen LogP contribution >= 0.6 is 0 Å². The second-order valence-electron chi connectivity index (χ2n) is 6.07. The monoisotopic (exact) mass is 357 g/mol. The standard InChI is InChI=1S/C17H19N5O2S/c1-21-15-14-13(20-21)8-9-22(16(14)19-17(18-15)25(3)23)10-11-4-6-12(24-2)7-5-11/h4-7H,8-10H2,1-3H3. The number of ether oxygens (including phenoxy) is 1. The molecule has 0 bridgehead atoms. The van der Waals surface area contributed by atoms with Crippen LogP contribution in [0.4, 0.5) is 5.82 Å². The Morgan fingerprint density at radius 2 is 2.00 bits per heavy atom. The summed E-state index contributed by atoms with van der Waals surface area (Å²) in [6, 6.07) is 8.01. The summed E-state index contributed by atoms with van der Waals surface area (Å²) < 4.78 is 18.9. The predicted molar refractivity (Wildman–Crippen MR) is 96.4 cm³/mol. The number of benzene rings is 1. The summed E-state index contributed by atoms with van der Waals surface area (Å²) in [5.74, 6) is 1.66. The SMILES string of the molecule is COc1ccc(CN2CCc3nn(C)c4nc(S(C)=O)nc2c34)cc1. The van der Waals surface area contributed by atoms with Crippen LogP contribution in [0.3, 0.4) is 0 Å². The van der Waals surface area contributed by atoms with Crippen LogP contribution < -0.4 is 9.64 Å². The summed E-state index contributed by atoms with van der Waals surface area (Å²) in [4.78, 5) is 11.2. The molecule has 0 aliphatic carbocycles. The molecule has 130 valence electrons. The van der Waals surface area contributed by atoms with Gasteiger partial charge in [0.25, 0.3) is 0 Å². The van der Waals surface area contributed by atoms with Crippen molar-refractivity contribution in [1.29, 1.82) is 0 Å². The number of aryl methyl sites for hydroxylation is 1. The van der Waals surface area contributed by atoms with E-state index in [4.69, 9.17) is 4.74 Å². The van der Waals surface area contributed by atoms with Crippen LogP contribution in [0, 0.1) is 0 Å². The zero-order valence-electron chi connectivity index (χ0n) is 14.4. The van der Waals surface area contributed by atoms with E-state index in [1.807, 2.05) is 19.2 Å². The van der Waals surface area contributed by atoms with Crippen LogP contribution in [0.5, 0.6) is 5.75 Å². The van der Waals surface area contributed by atoms with E-state index in [2.05, 4.69) is 32.1 Å². The molecule has 8 heteroatoms. The molecule has 0 saturated carbocycles. The summed E-state index contributed by atoms with van der Waals surface area (Å²) in [5.41, 5.74) is 2.91. The Morgan fingerprint density at radius 3 is 2.68 bits per heavy atom. The van der Waals surface area contributed by atoms with Crippen LogP contribution in [-0.4, -0.2) is 43.9 Å². The first kappa shape index (κ1) is 16.0. The lowest BCUT2D eigenvalue weighted by Crippen LogP contribution is -2.30. The van der Waals surface area contributed by atoms with Gasteiger partial charge in [0.15, 0.2) is 5.65 Å². The van der Waals surface area contributed by atoms with Crippen LogP contribution in [-0.2, 0) is 30.8 Å². The maximum atomic E-state index is 12.0. The Hall–Kier alpha value is -2.48. The largest absolute Gasteiger partial charge is 0.497 e. The maximum Gasteiger partial charge on any atom is 0.222 e. The van der Waals surface area contributed by atoms with Gasteiger partial charge in [-0.1, -0.05) is 12.1 Å². The fourth-order valence-electron chi connectivity index (χ4n) is 3.17. The predicted octanol–water partition coefficient (Wildman–Crippen LogP) is 1.67. The highest BCUT2D eigenvalue weighted by Crippen LogP contribution is 2.32. The number of aromatic nitrogens is 4. The highest BCUT2D eigenvalue weighted by atomic mass is 32.2. The molecule has 1 unspecified atom stereocenters. The summed E-state index contributed by atoms with van der Waals surface area (Å²) >= 11 is 0. The molecule has 3 heterocycles. The normalized spacial score (nSPS) is 14.8. The Bertz CT molecular complexity index is 967. The Morgan fingerprint density at radius 1 is 1.24 bits per heavy atom. The molecule has 1 aromatic carbocycles. The molecule has 0 N–H and O–H groups in total. The molecular weight excluding hydrogens is 338 g/mol. The Balaban J connectivity index is 1.78. The molecule has 0 spiro atoms. The molecule has 3 aromatic rings. The van der Waals surface area contributed by atoms with Gasteiger partial charge in [-0.25, -0.2) is 14.6 Å². The fraction of sp³-hybridized carbons (Fsp3) is 0.353. The highest BCUT2D eigenvalue weighted by molar-refractivity contribution is 7.84. The zero-order valence-corrected chi connectivity index (χ0v) is 15.2. The molecule has 4 rings (SSSR count). The van der Waals surface area contributed by atoms with Crippen molar-refractivity contribution in [2.24, 2.45) is 7.05 Å². The van der Waals surface area contributed by atoms with Gasteiger partial charge in [-0.2, -0.15) is 5.10 Å². The summed E-state index contributed by atoms with van der Waals surface area (Å²) in [7, 11) is 2.28. The first-order chi connectivity index (χ1) is 12.1. The van der Waals surface area contributed by atoms with E-state index in [1.165, 1.54) is 5.56 Å². The van der Waals surface area contributed by atoms with E-state index in [1.54, 1.807) is 18.0 Å². The van der Waals surface area contributed by atoms with Crippen molar-refractivity contribution in [3.63, 3.8) is 0 Å². The summed E-state index contributed by atoms with van der Waals surface area (Å²) in [6.07, 6.45) is 2.44. The van der Waals surface area contributed by atoms with Gasteiger partial charge in [0.05, 0.1) is 29.0 Å². The topological polar surface area (TPSA) is 73.1 Å². The van der Waals surface area contributed by atoms with Gasteiger partial charge in [-0.05, 0) is 17.7 Å². The molecule has 0 saturated heterocycles. The third-order valence-corrected chi connectivity index (χ3v) is 5.12. The first-order valence-electron chi connectivity index (χ1n) is 8.01. The van der Waals surface area contributed by atoms with Crippen molar-refractivity contribution < 1.29 is 8.95 Å². The van der Waals surface area contributed by atoms with Crippen LogP contribution in [0.15, 0.2) is 29.4 Å². The second-order valence-corrected chi connectivity index (χ2v) is 7.35. The molecule has 2 aromatic heterocycles. The van der Waals surface area contributed by atoms with Crippen molar-refractivity contribution in [3.05, 3.63) is 35.5 Å². The van der Waals surface area contributed by atoms with E-state index in [0.717, 1.165) is 47.8 Å². The van der Waals surface area contributed by atoms with Crippen molar-refractivity contribution in [1.82, 2.24) is 19.7 Å². The van der Waals surface area contributed by atoms with E-state index in [-0.39, 0.29) is 0 Å². The minimum Gasteiger partial charge on any atom is -0.497 e. The highest BCUT2D eigenvalue weighted by Gasteiger charge is 2.26. The van der Waals surface area contributed by atoms with Crippen LogP contribution in [0.1, 0.15) is 11.3 Å². The summed E-state index contributed by atoms with van der Waals surface area (Å²) in [6.45, 7) is 1.54. The van der Waals surface area contributed by atoms with Gasteiger partial charge in [-0.15, -0.1) is 0 Å². The molecule has 0 fully saturated rings. The minimum absolute atomic E-state index is 0.346. The van der Waals surface area contributed by atoms with Gasteiger partial charge in [-0.3, -0.25) is 4.21 Å². The molecular formula is C17H19N5O2S. The summed E-state index contributed by atoms with van der Waals surface area (Å²) in [5, 5.41) is 5.87. The quantitative estimate of drug-likeness (QED) is 0.662. The van der Waals surface area contributed by atoms with E-state index < -0.39 is 10.8 Å². The van der Waals surface area contributed by atoms with Crippen molar-refractivity contribution in [2.45, 2.75) is 18.1 Å². The van der Waals surface area contributed by atoms with Crippen molar-refractivity contribution in [2.75, 3.05) is 24.8 Å². The van der Waals surface area contributed by atoms with Crippen molar-refractivity contribution in [3.8, 4) is 5.75 Å². The number of methoxy groups -OCH3 is 1. The van der Waals surface area contributed by atoms with E-state index in [0.29, 0.717) is 5.16 Å². The fourth-order valence-corrected chi connectivity index (χ4v) is 3.60.